The van der Waals surface area contributed by atoms with Crippen LogP contribution in [-0.2, 0) is 6.42 Å². The van der Waals surface area contributed by atoms with E-state index in [-0.39, 0.29) is 11.2 Å². The highest BCUT2D eigenvalue weighted by atomic mass is 19.1. The van der Waals surface area contributed by atoms with Gasteiger partial charge < -0.3 is 5.32 Å². The lowest BCUT2D eigenvalue weighted by atomic mass is 9.83. The lowest BCUT2D eigenvalue weighted by Gasteiger charge is -2.32. The highest BCUT2D eigenvalue weighted by Crippen LogP contribution is 2.23. The van der Waals surface area contributed by atoms with Crippen molar-refractivity contribution >= 4 is 0 Å². The molecular weight excluding hydrogens is 237 g/mol. The molecule has 0 radical (unpaired) electrons. The average molecular weight is 265 g/mol. The van der Waals surface area contributed by atoms with Crippen LogP contribution in [0.5, 0.6) is 0 Å². The summed E-state index contributed by atoms with van der Waals surface area (Å²) in [5.74, 6) is -0.111. The molecule has 0 aliphatic heterocycles. The third kappa shape index (κ3) is 5.32. The first-order chi connectivity index (χ1) is 8.84. The zero-order valence-electron chi connectivity index (χ0n) is 13.0. The van der Waals surface area contributed by atoms with Crippen molar-refractivity contribution in [1.82, 2.24) is 5.32 Å². The van der Waals surface area contributed by atoms with E-state index in [4.69, 9.17) is 0 Å². The maximum atomic E-state index is 13.2. The third-order valence-corrected chi connectivity index (χ3v) is 3.63. The van der Waals surface area contributed by atoms with Crippen molar-refractivity contribution in [3.05, 3.63) is 35.1 Å². The van der Waals surface area contributed by atoms with Gasteiger partial charge in [-0.25, -0.2) is 4.39 Å². The minimum Gasteiger partial charge on any atom is -0.313 e. The molecule has 1 N–H and O–H groups in total. The fraction of sp³-hybridized carbons (Fsp3) is 0.647. The molecule has 0 amide bonds. The molecule has 0 aliphatic carbocycles. The van der Waals surface area contributed by atoms with E-state index in [2.05, 4.69) is 33.0 Å². The monoisotopic (exact) mass is 265 g/mol. The summed E-state index contributed by atoms with van der Waals surface area (Å²) in [5.41, 5.74) is 2.22. The van der Waals surface area contributed by atoms with E-state index in [1.54, 1.807) is 6.07 Å². The van der Waals surface area contributed by atoms with Crippen LogP contribution in [0.15, 0.2) is 18.2 Å². The van der Waals surface area contributed by atoms with Crippen molar-refractivity contribution in [2.75, 3.05) is 6.54 Å². The molecule has 0 aliphatic rings. The molecule has 1 rings (SSSR count). The van der Waals surface area contributed by atoms with E-state index in [1.807, 2.05) is 19.1 Å². The molecule has 0 fully saturated rings. The Bertz CT molecular complexity index is 393. The molecule has 0 saturated heterocycles. The number of nitrogens with one attached hydrogen (secondary N) is 1. The van der Waals surface area contributed by atoms with Crippen LogP contribution in [0.25, 0.3) is 0 Å². The highest BCUT2D eigenvalue weighted by Gasteiger charge is 2.23. The Labute approximate surface area is 117 Å². The van der Waals surface area contributed by atoms with Crippen LogP contribution in [0.3, 0.4) is 0 Å². The minimum absolute atomic E-state index is 0.111. The Balaban J connectivity index is 2.62. The van der Waals surface area contributed by atoms with Crippen molar-refractivity contribution in [3.8, 4) is 0 Å². The summed E-state index contributed by atoms with van der Waals surface area (Å²) in [7, 11) is 0. The van der Waals surface area contributed by atoms with Crippen molar-refractivity contribution in [3.63, 3.8) is 0 Å². The largest absolute Gasteiger partial charge is 0.313 e. The molecule has 1 aromatic rings. The van der Waals surface area contributed by atoms with Gasteiger partial charge in [-0.05, 0) is 55.3 Å². The van der Waals surface area contributed by atoms with Gasteiger partial charge in [0.1, 0.15) is 5.82 Å². The lowest BCUT2D eigenvalue weighted by Crippen LogP contribution is -2.41. The first-order valence-electron chi connectivity index (χ1n) is 7.33. The van der Waals surface area contributed by atoms with E-state index >= 15 is 0 Å². The van der Waals surface area contributed by atoms with Gasteiger partial charge in [-0.2, -0.15) is 0 Å². The van der Waals surface area contributed by atoms with Crippen LogP contribution in [0.2, 0.25) is 0 Å². The summed E-state index contributed by atoms with van der Waals surface area (Å²) >= 11 is 0. The Hall–Kier alpha value is -0.890. The third-order valence-electron chi connectivity index (χ3n) is 3.63. The van der Waals surface area contributed by atoms with Gasteiger partial charge in [0.15, 0.2) is 0 Å². The lowest BCUT2D eigenvalue weighted by molar-refractivity contribution is 0.255. The molecule has 0 saturated carbocycles. The number of benzene rings is 1. The van der Waals surface area contributed by atoms with Crippen LogP contribution in [0.1, 0.15) is 51.7 Å². The molecular formula is C17H28FN. The number of aryl methyl sites for hydroxylation is 2. The van der Waals surface area contributed by atoms with Gasteiger partial charge in [-0.3, -0.25) is 0 Å². The van der Waals surface area contributed by atoms with Crippen LogP contribution in [0, 0.1) is 18.2 Å². The Kier molecular flexibility index (Phi) is 5.99. The molecule has 1 unspecified atom stereocenters. The second-order valence-electron chi connectivity index (χ2n) is 6.49. The van der Waals surface area contributed by atoms with E-state index < -0.39 is 0 Å². The molecule has 0 heterocycles. The normalized spacial score (nSPS) is 13.6. The van der Waals surface area contributed by atoms with Crippen molar-refractivity contribution in [1.29, 1.82) is 0 Å². The van der Waals surface area contributed by atoms with Gasteiger partial charge in [0.05, 0.1) is 0 Å². The molecule has 0 aromatic heterocycles. The van der Waals surface area contributed by atoms with Gasteiger partial charge in [0, 0.05) is 6.04 Å². The fourth-order valence-electron chi connectivity index (χ4n) is 2.33. The molecule has 1 aromatic carbocycles. The highest BCUT2D eigenvalue weighted by molar-refractivity contribution is 5.24. The number of hydrogen-bond acceptors (Lipinski definition) is 1. The van der Waals surface area contributed by atoms with Crippen LogP contribution in [0.4, 0.5) is 4.39 Å². The first-order valence-corrected chi connectivity index (χ1v) is 7.33. The summed E-state index contributed by atoms with van der Waals surface area (Å²) in [6.45, 7) is 11.9. The predicted octanol–water partition coefficient (Wildman–Crippen LogP) is 4.48. The first kappa shape index (κ1) is 16.2. The predicted molar refractivity (Wildman–Crippen MR) is 81.0 cm³/mol. The average Bonchev–Trinajstić information content (AvgIpc) is 2.32. The van der Waals surface area contributed by atoms with Crippen LogP contribution >= 0.6 is 0 Å². The molecule has 19 heavy (non-hydrogen) atoms. The Morgan fingerprint density at radius 3 is 2.47 bits per heavy atom. The summed E-state index contributed by atoms with van der Waals surface area (Å²) in [5, 5.41) is 3.63. The van der Waals surface area contributed by atoms with E-state index in [0.717, 1.165) is 31.4 Å². The SMILES string of the molecule is CCCNC(CCc1ccc(F)c(C)c1)C(C)(C)C. The maximum Gasteiger partial charge on any atom is 0.126 e. The number of rotatable bonds is 6. The van der Waals surface area contributed by atoms with Crippen molar-refractivity contribution < 1.29 is 4.39 Å². The summed E-state index contributed by atoms with van der Waals surface area (Å²) in [4.78, 5) is 0. The smallest absolute Gasteiger partial charge is 0.126 e. The maximum absolute atomic E-state index is 13.2. The van der Waals surface area contributed by atoms with Crippen molar-refractivity contribution in [2.45, 2.75) is 59.9 Å². The molecule has 0 spiro atoms. The molecule has 1 atom stereocenters. The molecule has 2 heteroatoms. The topological polar surface area (TPSA) is 12.0 Å². The number of hydrogen-bond donors (Lipinski definition) is 1. The van der Waals surface area contributed by atoms with Gasteiger partial charge in [0.25, 0.3) is 0 Å². The molecule has 108 valence electrons. The van der Waals surface area contributed by atoms with Crippen molar-refractivity contribution in [2.24, 2.45) is 5.41 Å². The van der Waals surface area contributed by atoms with E-state index in [9.17, 15) is 4.39 Å². The van der Waals surface area contributed by atoms with Gasteiger partial charge in [-0.1, -0.05) is 39.8 Å². The second kappa shape index (κ2) is 7.04. The Morgan fingerprint density at radius 1 is 1.26 bits per heavy atom. The molecule has 0 bridgehead atoms. The summed E-state index contributed by atoms with van der Waals surface area (Å²) in [6.07, 6.45) is 3.25. The zero-order chi connectivity index (χ0) is 14.5. The standard InChI is InChI=1S/C17H28FN/c1-6-11-19-16(17(3,4)5)10-8-14-7-9-15(18)13(2)12-14/h7,9,12,16,19H,6,8,10-11H2,1-5H3. The van der Waals surface area contributed by atoms with Gasteiger partial charge in [0.2, 0.25) is 0 Å². The van der Waals surface area contributed by atoms with E-state index in [1.165, 1.54) is 5.56 Å². The fourth-order valence-corrected chi connectivity index (χ4v) is 2.33. The van der Waals surface area contributed by atoms with Gasteiger partial charge >= 0.3 is 0 Å². The van der Waals surface area contributed by atoms with Crippen LogP contribution in [-0.4, -0.2) is 12.6 Å². The quantitative estimate of drug-likeness (QED) is 0.799. The Morgan fingerprint density at radius 2 is 1.95 bits per heavy atom. The van der Waals surface area contributed by atoms with Gasteiger partial charge in [-0.15, -0.1) is 0 Å². The second-order valence-corrected chi connectivity index (χ2v) is 6.49. The van der Waals surface area contributed by atoms with E-state index in [0.29, 0.717) is 6.04 Å². The molecule has 1 nitrogen and oxygen atoms in total. The minimum atomic E-state index is -0.111. The number of halogens is 1. The van der Waals surface area contributed by atoms with Crippen LogP contribution < -0.4 is 5.32 Å². The summed E-state index contributed by atoms with van der Waals surface area (Å²) in [6, 6.07) is 5.95. The summed E-state index contributed by atoms with van der Waals surface area (Å²) < 4.78 is 13.2. The zero-order valence-corrected chi connectivity index (χ0v) is 13.0.